The molecule has 1 aliphatic heterocycles. The van der Waals surface area contributed by atoms with Gasteiger partial charge in [0.2, 0.25) is 0 Å². The summed E-state index contributed by atoms with van der Waals surface area (Å²) in [4.78, 5) is 0. The van der Waals surface area contributed by atoms with Crippen molar-refractivity contribution < 1.29 is 0 Å². The molecule has 0 saturated heterocycles. The van der Waals surface area contributed by atoms with E-state index in [0.717, 1.165) is 4.47 Å². The van der Waals surface area contributed by atoms with E-state index >= 15 is 0 Å². The Morgan fingerprint density at radius 3 is 1.62 bits per heavy atom. The fourth-order valence-electron chi connectivity index (χ4n) is 4.71. The zero-order chi connectivity index (χ0) is 19.4. The number of hydrogen-bond donors (Lipinski definition) is 1. The molecule has 5 aromatic rings. The monoisotopic (exact) mass is 435 g/mol. The van der Waals surface area contributed by atoms with Gasteiger partial charge in [0.15, 0.2) is 0 Å². The molecule has 0 saturated carbocycles. The van der Waals surface area contributed by atoms with Crippen LogP contribution in [-0.2, 0) is 0 Å². The highest BCUT2D eigenvalue weighted by molar-refractivity contribution is 9.10. The normalized spacial score (nSPS) is 13.1. The van der Waals surface area contributed by atoms with Crippen molar-refractivity contribution in [2.75, 3.05) is 5.32 Å². The standard InChI is InChI=1S/C27H18BrN/c28-20-13-9-19(10-14-20)25-26-21-7-3-1-5-17(21)11-15-23(26)29-24-16-12-18-6-2-4-8-22(18)27(24)25/h1-16,25,29H. The molecule has 0 unspecified atom stereocenters. The van der Waals surface area contributed by atoms with Gasteiger partial charge in [-0.25, -0.2) is 0 Å². The predicted molar refractivity (Wildman–Crippen MR) is 126 cm³/mol. The minimum Gasteiger partial charge on any atom is -0.355 e. The van der Waals surface area contributed by atoms with Crippen LogP contribution < -0.4 is 5.32 Å². The van der Waals surface area contributed by atoms with Crippen LogP contribution in [0.15, 0.2) is 102 Å². The van der Waals surface area contributed by atoms with Crippen LogP contribution in [0.3, 0.4) is 0 Å². The van der Waals surface area contributed by atoms with E-state index in [9.17, 15) is 0 Å². The summed E-state index contributed by atoms with van der Waals surface area (Å²) in [6, 6.07) is 35.1. The van der Waals surface area contributed by atoms with E-state index in [1.54, 1.807) is 0 Å². The Labute approximate surface area is 178 Å². The molecule has 0 aromatic heterocycles. The Bertz CT molecular complexity index is 1300. The minimum atomic E-state index is 0.173. The van der Waals surface area contributed by atoms with E-state index < -0.39 is 0 Å². The quantitative estimate of drug-likeness (QED) is 0.275. The molecule has 0 fully saturated rings. The lowest BCUT2D eigenvalue weighted by Crippen LogP contribution is -2.15. The highest BCUT2D eigenvalue weighted by atomic mass is 79.9. The molecule has 0 radical (unpaired) electrons. The summed E-state index contributed by atoms with van der Waals surface area (Å²) in [5.41, 5.74) is 6.41. The van der Waals surface area contributed by atoms with Crippen LogP contribution in [0.4, 0.5) is 11.4 Å². The molecule has 1 N–H and O–H groups in total. The zero-order valence-corrected chi connectivity index (χ0v) is 17.3. The Kier molecular flexibility index (Phi) is 3.75. The van der Waals surface area contributed by atoms with Crippen LogP contribution in [0, 0.1) is 0 Å². The number of fused-ring (bicyclic) bond motifs is 6. The number of halogens is 1. The van der Waals surface area contributed by atoms with E-state index in [0.29, 0.717) is 0 Å². The third-order valence-electron chi connectivity index (χ3n) is 5.99. The van der Waals surface area contributed by atoms with Crippen molar-refractivity contribution >= 4 is 48.8 Å². The average Bonchev–Trinajstić information content (AvgIpc) is 2.78. The van der Waals surface area contributed by atoms with Gasteiger partial charge >= 0.3 is 0 Å². The topological polar surface area (TPSA) is 12.0 Å². The third kappa shape index (κ3) is 2.60. The molecular weight excluding hydrogens is 418 g/mol. The molecule has 1 aliphatic rings. The number of anilines is 2. The van der Waals surface area contributed by atoms with E-state index in [1.807, 2.05) is 0 Å². The molecule has 138 valence electrons. The molecule has 1 nitrogen and oxygen atoms in total. The molecule has 1 heterocycles. The van der Waals surface area contributed by atoms with Crippen molar-refractivity contribution in [1.82, 2.24) is 0 Å². The molecule has 0 amide bonds. The zero-order valence-electron chi connectivity index (χ0n) is 15.7. The van der Waals surface area contributed by atoms with E-state index in [2.05, 4.69) is 118 Å². The van der Waals surface area contributed by atoms with Gasteiger partial charge < -0.3 is 5.32 Å². The van der Waals surface area contributed by atoms with Crippen molar-refractivity contribution in [1.29, 1.82) is 0 Å². The summed E-state index contributed by atoms with van der Waals surface area (Å²) in [5.74, 6) is 0.173. The van der Waals surface area contributed by atoms with Crippen molar-refractivity contribution in [3.63, 3.8) is 0 Å². The Hall–Kier alpha value is -3.10. The average molecular weight is 436 g/mol. The first kappa shape index (κ1) is 16.8. The van der Waals surface area contributed by atoms with Gasteiger partial charge in [-0.3, -0.25) is 0 Å². The molecule has 0 bridgehead atoms. The summed E-state index contributed by atoms with van der Waals surface area (Å²) >= 11 is 3.60. The smallest absolute Gasteiger partial charge is 0.0433 e. The highest BCUT2D eigenvalue weighted by Gasteiger charge is 2.30. The number of nitrogens with one attached hydrogen (secondary N) is 1. The molecule has 5 aromatic carbocycles. The van der Waals surface area contributed by atoms with Crippen molar-refractivity contribution in [3.8, 4) is 0 Å². The van der Waals surface area contributed by atoms with E-state index in [-0.39, 0.29) is 5.92 Å². The second kappa shape index (κ2) is 6.47. The maximum Gasteiger partial charge on any atom is 0.0433 e. The van der Waals surface area contributed by atoms with Crippen LogP contribution in [0.1, 0.15) is 22.6 Å². The number of hydrogen-bond acceptors (Lipinski definition) is 1. The molecular formula is C27H18BrN. The van der Waals surface area contributed by atoms with E-state index in [1.165, 1.54) is 49.6 Å². The van der Waals surface area contributed by atoms with Crippen LogP contribution in [0.25, 0.3) is 21.5 Å². The summed E-state index contributed by atoms with van der Waals surface area (Å²) in [5, 5.41) is 8.90. The fourth-order valence-corrected chi connectivity index (χ4v) is 4.97. The summed E-state index contributed by atoms with van der Waals surface area (Å²) in [6.07, 6.45) is 0. The Balaban J connectivity index is 1.75. The van der Waals surface area contributed by atoms with Crippen LogP contribution in [0.2, 0.25) is 0 Å². The largest absolute Gasteiger partial charge is 0.355 e. The molecule has 6 rings (SSSR count). The van der Waals surface area contributed by atoms with Gasteiger partial charge in [0.05, 0.1) is 0 Å². The summed E-state index contributed by atoms with van der Waals surface area (Å²) in [7, 11) is 0. The molecule has 0 aliphatic carbocycles. The summed E-state index contributed by atoms with van der Waals surface area (Å²) in [6.45, 7) is 0. The SMILES string of the molecule is Brc1ccc(C2c3c(ccc4ccccc34)Nc3ccc4ccccc4c32)cc1. The second-order valence-corrected chi connectivity index (χ2v) is 8.52. The van der Waals surface area contributed by atoms with Gasteiger partial charge in [-0.15, -0.1) is 0 Å². The molecule has 29 heavy (non-hydrogen) atoms. The van der Waals surface area contributed by atoms with Gasteiger partial charge in [0, 0.05) is 21.8 Å². The predicted octanol–water partition coefficient (Wildman–Crippen LogP) is 7.99. The molecule has 2 heteroatoms. The van der Waals surface area contributed by atoms with Gasteiger partial charge in [-0.05, 0) is 62.5 Å². The highest BCUT2D eigenvalue weighted by Crippen LogP contribution is 2.50. The van der Waals surface area contributed by atoms with Crippen molar-refractivity contribution in [3.05, 3.63) is 118 Å². The summed E-state index contributed by atoms with van der Waals surface area (Å²) < 4.78 is 1.10. The first-order valence-corrected chi connectivity index (χ1v) is 10.6. The van der Waals surface area contributed by atoms with Crippen molar-refractivity contribution in [2.24, 2.45) is 0 Å². The maximum absolute atomic E-state index is 3.73. The lowest BCUT2D eigenvalue weighted by atomic mass is 9.77. The first-order valence-electron chi connectivity index (χ1n) is 9.85. The van der Waals surface area contributed by atoms with Crippen LogP contribution >= 0.6 is 15.9 Å². The molecule has 0 spiro atoms. The molecule has 0 atom stereocenters. The van der Waals surface area contributed by atoms with E-state index in [4.69, 9.17) is 0 Å². The van der Waals surface area contributed by atoms with Crippen LogP contribution in [-0.4, -0.2) is 0 Å². The second-order valence-electron chi connectivity index (χ2n) is 7.61. The number of rotatable bonds is 1. The van der Waals surface area contributed by atoms with Gasteiger partial charge in [-0.1, -0.05) is 88.7 Å². The lowest BCUT2D eigenvalue weighted by Gasteiger charge is -2.32. The van der Waals surface area contributed by atoms with Gasteiger partial charge in [0.1, 0.15) is 0 Å². The fraction of sp³-hybridized carbons (Fsp3) is 0.0370. The third-order valence-corrected chi connectivity index (χ3v) is 6.52. The van der Waals surface area contributed by atoms with Crippen LogP contribution in [0.5, 0.6) is 0 Å². The number of benzene rings is 5. The first-order chi connectivity index (χ1) is 14.3. The maximum atomic E-state index is 3.73. The Morgan fingerprint density at radius 2 is 1.07 bits per heavy atom. The van der Waals surface area contributed by atoms with Gasteiger partial charge in [0.25, 0.3) is 0 Å². The van der Waals surface area contributed by atoms with Crippen molar-refractivity contribution in [2.45, 2.75) is 5.92 Å². The lowest BCUT2D eigenvalue weighted by molar-refractivity contribution is 0.987. The Morgan fingerprint density at radius 1 is 0.552 bits per heavy atom. The minimum absolute atomic E-state index is 0.173. The van der Waals surface area contributed by atoms with Gasteiger partial charge in [-0.2, -0.15) is 0 Å².